The van der Waals surface area contributed by atoms with Gasteiger partial charge in [0.15, 0.2) is 0 Å². The summed E-state index contributed by atoms with van der Waals surface area (Å²) in [7, 11) is 0. The molecule has 0 saturated carbocycles. The van der Waals surface area contributed by atoms with Gasteiger partial charge in [0.1, 0.15) is 5.82 Å². The molecule has 0 aliphatic carbocycles. The van der Waals surface area contributed by atoms with Crippen molar-refractivity contribution in [1.82, 2.24) is 0 Å². The minimum atomic E-state index is -0.383. The second-order valence-corrected chi connectivity index (χ2v) is 3.74. The van der Waals surface area contributed by atoms with Crippen LogP contribution in [0.4, 0.5) is 4.39 Å². The van der Waals surface area contributed by atoms with Crippen molar-refractivity contribution in [3.63, 3.8) is 0 Å². The van der Waals surface area contributed by atoms with Crippen LogP contribution < -0.4 is 11.5 Å². The number of hydrogen-bond donors (Lipinski definition) is 2. The maximum absolute atomic E-state index is 13.0. The van der Waals surface area contributed by atoms with Crippen molar-refractivity contribution in [3.05, 3.63) is 34.6 Å². The topological polar surface area (TPSA) is 52.0 Å². The fourth-order valence-corrected chi connectivity index (χ4v) is 1.50. The molecule has 0 unspecified atom stereocenters. The van der Waals surface area contributed by atoms with E-state index in [9.17, 15) is 4.39 Å². The molecular formula is C10H14ClFN2. The average Bonchev–Trinajstić information content (AvgIpc) is 2.14. The predicted octanol–water partition coefficient (Wildman–Crippen LogP) is 2.22. The van der Waals surface area contributed by atoms with E-state index >= 15 is 0 Å². The van der Waals surface area contributed by atoms with Gasteiger partial charge in [0, 0.05) is 17.1 Å². The zero-order valence-electron chi connectivity index (χ0n) is 8.00. The van der Waals surface area contributed by atoms with Crippen LogP contribution in [0.15, 0.2) is 18.2 Å². The van der Waals surface area contributed by atoms with Gasteiger partial charge in [-0.1, -0.05) is 18.5 Å². The smallest absolute Gasteiger partial charge is 0.125 e. The van der Waals surface area contributed by atoms with Crippen LogP contribution in [0.3, 0.4) is 0 Å². The lowest BCUT2D eigenvalue weighted by Gasteiger charge is -2.18. The van der Waals surface area contributed by atoms with Crippen LogP contribution in [-0.4, -0.2) is 6.04 Å². The van der Waals surface area contributed by atoms with Gasteiger partial charge in [-0.2, -0.15) is 0 Å². The van der Waals surface area contributed by atoms with Crippen molar-refractivity contribution in [2.24, 2.45) is 11.5 Å². The lowest BCUT2D eigenvalue weighted by molar-refractivity contribution is 0.528. The maximum Gasteiger partial charge on any atom is 0.125 e. The van der Waals surface area contributed by atoms with Gasteiger partial charge in [0.2, 0.25) is 0 Å². The van der Waals surface area contributed by atoms with E-state index in [0.29, 0.717) is 10.6 Å². The van der Waals surface area contributed by atoms with Crippen LogP contribution >= 0.6 is 11.6 Å². The molecule has 0 saturated heterocycles. The summed E-state index contributed by atoms with van der Waals surface area (Å²) in [6.45, 7) is 1.94. The lowest BCUT2D eigenvalue weighted by Crippen LogP contribution is -2.33. The van der Waals surface area contributed by atoms with Crippen LogP contribution in [0.2, 0.25) is 5.02 Å². The van der Waals surface area contributed by atoms with Gasteiger partial charge in [-0.25, -0.2) is 4.39 Å². The summed E-state index contributed by atoms with van der Waals surface area (Å²) in [5.74, 6) is -0.383. The van der Waals surface area contributed by atoms with Crippen molar-refractivity contribution in [2.75, 3.05) is 0 Å². The first-order valence-electron chi connectivity index (χ1n) is 4.51. The van der Waals surface area contributed by atoms with Crippen LogP contribution in [0.1, 0.15) is 24.9 Å². The average molecular weight is 217 g/mol. The van der Waals surface area contributed by atoms with E-state index in [1.54, 1.807) is 6.07 Å². The van der Waals surface area contributed by atoms with E-state index in [0.717, 1.165) is 6.42 Å². The normalized spacial score (nSPS) is 15.2. The summed E-state index contributed by atoms with van der Waals surface area (Å²) >= 11 is 5.71. The fraction of sp³-hybridized carbons (Fsp3) is 0.400. The second kappa shape index (κ2) is 4.73. The van der Waals surface area contributed by atoms with E-state index in [2.05, 4.69) is 0 Å². The monoisotopic (exact) mass is 216 g/mol. The van der Waals surface area contributed by atoms with Gasteiger partial charge in [-0.05, 0) is 30.2 Å². The zero-order valence-corrected chi connectivity index (χ0v) is 8.76. The molecule has 0 aromatic heterocycles. The minimum Gasteiger partial charge on any atom is -0.326 e. The molecule has 78 valence electrons. The van der Waals surface area contributed by atoms with E-state index < -0.39 is 0 Å². The molecular weight excluding hydrogens is 203 g/mol. The highest BCUT2D eigenvalue weighted by Crippen LogP contribution is 2.20. The molecule has 1 aromatic rings. The van der Waals surface area contributed by atoms with Gasteiger partial charge in [0.25, 0.3) is 0 Å². The van der Waals surface area contributed by atoms with Crippen molar-refractivity contribution >= 4 is 11.6 Å². The Bertz CT molecular complexity index is 297. The maximum atomic E-state index is 13.0. The zero-order chi connectivity index (χ0) is 10.7. The van der Waals surface area contributed by atoms with Crippen molar-refractivity contribution in [1.29, 1.82) is 0 Å². The molecule has 0 heterocycles. The van der Waals surface area contributed by atoms with E-state index in [4.69, 9.17) is 23.1 Å². The Morgan fingerprint density at radius 1 is 1.36 bits per heavy atom. The summed E-state index contributed by atoms with van der Waals surface area (Å²) in [5, 5.41) is 0.346. The highest BCUT2D eigenvalue weighted by Gasteiger charge is 2.14. The molecule has 0 amide bonds. The number of hydrogen-bond acceptors (Lipinski definition) is 2. The molecule has 4 N–H and O–H groups in total. The first-order chi connectivity index (χ1) is 6.54. The largest absolute Gasteiger partial charge is 0.326 e. The highest BCUT2D eigenvalue weighted by atomic mass is 35.5. The predicted molar refractivity (Wildman–Crippen MR) is 56.6 cm³/mol. The molecule has 0 aliphatic heterocycles. The Labute approximate surface area is 88.0 Å². The standard InChI is InChI=1S/C10H14ClFN2/c1-2-9(13)10(14)6-3-7(11)5-8(12)4-6/h3-5,9-10H,2,13-14H2,1H3/t9-,10-/m0/s1. The molecule has 4 heteroatoms. The van der Waals surface area contributed by atoms with Crippen LogP contribution in [0.25, 0.3) is 0 Å². The molecule has 0 fully saturated rings. The van der Waals surface area contributed by atoms with Crippen molar-refractivity contribution < 1.29 is 4.39 Å². The third kappa shape index (κ3) is 2.67. The SMILES string of the molecule is CC[C@H](N)[C@@H](N)c1cc(F)cc(Cl)c1. The third-order valence-electron chi connectivity index (χ3n) is 2.20. The Hall–Kier alpha value is -0.640. The van der Waals surface area contributed by atoms with Crippen LogP contribution in [0.5, 0.6) is 0 Å². The van der Waals surface area contributed by atoms with Gasteiger partial charge in [-0.15, -0.1) is 0 Å². The molecule has 2 atom stereocenters. The number of nitrogens with two attached hydrogens (primary N) is 2. The third-order valence-corrected chi connectivity index (χ3v) is 2.42. The van der Waals surface area contributed by atoms with E-state index in [-0.39, 0.29) is 17.9 Å². The summed E-state index contributed by atoms with van der Waals surface area (Å²) in [6, 6.07) is 3.72. The Morgan fingerprint density at radius 2 is 2.00 bits per heavy atom. The molecule has 0 aliphatic rings. The lowest BCUT2D eigenvalue weighted by atomic mass is 9.99. The molecule has 2 nitrogen and oxygen atoms in total. The molecule has 0 bridgehead atoms. The quantitative estimate of drug-likeness (QED) is 0.814. The Kier molecular flexibility index (Phi) is 3.86. The number of rotatable bonds is 3. The Morgan fingerprint density at radius 3 is 2.50 bits per heavy atom. The summed E-state index contributed by atoms with van der Waals surface area (Å²) in [4.78, 5) is 0. The van der Waals surface area contributed by atoms with Crippen LogP contribution in [-0.2, 0) is 0 Å². The van der Waals surface area contributed by atoms with Gasteiger partial charge < -0.3 is 11.5 Å². The minimum absolute atomic E-state index is 0.173. The molecule has 14 heavy (non-hydrogen) atoms. The van der Waals surface area contributed by atoms with Gasteiger partial charge in [0.05, 0.1) is 0 Å². The first-order valence-corrected chi connectivity index (χ1v) is 4.89. The number of benzene rings is 1. The summed E-state index contributed by atoms with van der Waals surface area (Å²) < 4.78 is 13.0. The second-order valence-electron chi connectivity index (χ2n) is 3.30. The van der Waals surface area contributed by atoms with Crippen molar-refractivity contribution in [3.8, 4) is 0 Å². The highest BCUT2D eigenvalue weighted by molar-refractivity contribution is 6.30. The first kappa shape index (κ1) is 11.4. The van der Waals surface area contributed by atoms with Crippen LogP contribution in [0, 0.1) is 5.82 Å². The Balaban J connectivity index is 2.94. The molecule has 0 radical (unpaired) electrons. The summed E-state index contributed by atoms with van der Waals surface area (Å²) in [5.41, 5.74) is 12.2. The summed E-state index contributed by atoms with van der Waals surface area (Å²) in [6.07, 6.45) is 0.745. The molecule has 0 spiro atoms. The van der Waals surface area contributed by atoms with Gasteiger partial charge >= 0.3 is 0 Å². The fourth-order valence-electron chi connectivity index (χ4n) is 1.27. The number of halogens is 2. The van der Waals surface area contributed by atoms with E-state index in [1.807, 2.05) is 6.92 Å². The molecule has 1 aromatic carbocycles. The van der Waals surface area contributed by atoms with Crippen molar-refractivity contribution in [2.45, 2.75) is 25.4 Å². The van der Waals surface area contributed by atoms with Gasteiger partial charge in [-0.3, -0.25) is 0 Å². The molecule has 1 rings (SSSR count). The van der Waals surface area contributed by atoms with E-state index in [1.165, 1.54) is 12.1 Å².